The lowest BCUT2D eigenvalue weighted by atomic mass is 10.2. The van der Waals surface area contributed by atoms with Crippen LogP contribution in [-0.2, 0) is 9.84 Å². The van der Waals surface area contributed by atoms with E-state index in [9.17, 15) is 21.6 Å². The van der Waals surface area contributed by atoms with Crippen molar-refractivity contribution >= 4 is 39.8 Å². The van der Waals surface area contributed by atoms with Crippen LogP contribution in [0.3, 0.4) is 0 Å². The summed E-state index contributed by atoms with van der Waals surface area (Å²) in [5, 5.41) is 2.99. The molecule has 0 amide bonds. The van der Waals surface area contributed by atoms with Crippen LogP contribution in [0.15, 0.2) is 4.99 Å². The molecule has 1 aliphatic heterocycles. The highest BCUT2D eigenvalue weighted by atomic mass is 127. The van der Waals surface area contributed by atoms with Gasteiger partial charge in [-0.15, -0.1) is 24.0 Å². The molecular weight excluding hydrogens is 460 g/mol. The van der Waals surface area contributed by atoms with Crippen molar-refractivity contribution in [2.24, 2.45) is 4.99 Å². The van der Waals surface area contributed by atoms with E-state index in [1.54, 1.807) is 20.9 Å². The molecule has 0 radical (unpaired) electrons. The Kier molecular flexibility index (Phi) is 8.77. The van der Waals surface area contributed by atoms with Gasteiger partial charge < -0.3 is 10.2 Å². The van der Waals surface area contributed by atoms with Crippen LogP contribution in [0.2, 0.25) is 0 Å². The molecule has 24 heavy (non-hydrogen) atoms. The number of guanidine groups is 1. The zero-order chi connectivity index (χ0) is 17.9. The van der Waals surface area contributed by atoms with Crippen molar-refractivity contribution < 1.29 is 21.6 Å². The van der Waals surface area contributed by atoms with E-state index in [0.29, 0.717) is 25.6 Å². The molecule has 0 atom stereocenters. The normalized spacial score (nSPS) is 20.7. The van der Waals surface area contributed by atoms with Crippen LogP contribution < -0.4 is 5.32 Å². The van der Waals surface area contributed by atoms with Gasteiger partial charge in [0.2, 0.25) is 0 Å². The Labute approximate surface area is 158 Å². The quantitative estimate of drug-likeness (QED) is 0.368. The Hall–Kier alpha value is -0.300. The third kappa shape index (κ3) is 6.90. The van der Waals surface area contributed by atoms with Crippen LogP contribution >= 0.6 is 24.0 Å². The SMILES string of the molecule is CN=C(NCCN(C)CC(F)(F)F)N1CCS(=O)(=O)C(C)(C)C1.I. The summed E-state index contributed by atoms with van der Waals surface area (Å²) >= 11 is 0. The van der Waals surface area contributed by atoms with E-state index < -0.39 is 27.3 Å². The minimum Gasteiger partial charge on any atom is -0.355 e. The van der Waals surface area contributed by atoms with Crippen LogP contribution in [-0.4, -0.2) is 87.7 Å². The summed E-state index contributed by atoms with van der Waals surface area (Å²) in [5.41, 5.74) is 0. The third-order valence-corrected chi connectivity index (χ3v) is 6.31. The van der Waals surface area contributed by atoms with Gasteiger partial charge in [0.05, 0.1) is 17.0 Å². The first-order valence-corrected chi connectivity index (χ1v) is 8.96. The molecule has 1 saturated heterocycles. The summed E-state index contributed by atoms with van der Waals surface area (Å²) in [6.45, 7) is 3.48. The summed E-state index contributed by atoms with van der Waals surface area (Å²) < 4.78 is 59.9. The number of alkyl halides is 3. The lowest BCUT2D eigenvalue weighted by Crippen LogP contribution is -2.57. The number of hydrogen-bond acceptors (Lipinski definition) is 4. The molecule has 1 fully saturated rings. The number of halogens is 4. The molecule has 0 aromatic heterocycles. The lowest BCUT2D eigenvalue weighted by Gasteiger charge is -2.39. The van der Waals surface area contributed by atoms with Gasteiger partial charge in [-0.05, 0) is 20.9 Å². The second-order valence-electron chi connectivity index (χ2n) is 6.33. The first-order chi connectivity index (χ1) is 10.4. The van der Waals surface area contributed by atoms with Gasteiger partial charge in [-0.25, -0.2) is 8.42 Å². The third-order valence-electron chi connectivity index (χ3n) is 3.78. The van der Waals surface area contributed by atoms with Gasteiger partial charge in [0.15, 0.2) is 15.8 Å². The van der Waals surface area contributed by atoms with Gasteiger partial charge in [-0.2, -0.15) is 13.2 Å². The number of hydrogen-bond donors (Lipinski definition) is 1. The highest BCUT2D eigenvalue weighted by molar-refractivity contribution is 14.0. The van der Waals surface area contributed by atoms with E-state index in [4.69, 9.17) is 0 Å². The monoisotopic (exact) mass is 486 g/mol. The average molecular weight is 486 g/mol. The maximum absolute atomic E-state index is 12.3. The van der Waals surface area contributed by atoms with Gasteiger partial charge in [0, 0.05) is 33.2 Å². The predicted octanol–water partition coefficient (Wildman–Crippen LogP) is 1.18. The molecule has 0 saturated carbocycles. The van der Waals surface area contributed by atoms with Crippen molar-refractivity contribution in [3.63, 3.8) is 0 Å². The molecule has 11 heteroatoms. The Bertz CT molecular complexity index is 538. The van der Waals surface area contributed by atoms with E-state index in [0.717, 1.165) is 0 Å². The molecule has 0 aromatic carbocycles. The lowest BCUT2D eigenvalue weighted by molar-refractivity contribution is -0.142. The molecule has 0 unspecified atom stereocenters. The number of likely N-dealkylation sites (N-methyl/N-ethyl adjacent to an activating group) is 1. The van der Waals surface area contributed by atoms with Crippen LogP contribution in [0, 0.1) is 0 Å². The first-order valence-electron chi connectivity index (χ1n) is 7.31. The van der Waals surface area contributed by atoms with Gasteiger partial charge in [0.25, 0.3) is 0 Å². The molecule has 6 nitrogen and oxygen atoms in total. The molecule has 0 aliphatic carbocycles. The Morgan fingerprint density at radius 3 is 2.42 bits per heavy atom. The molecular formula is C13H26F3IN4O2S. The van der Waals surface area contributed by atoms with Crippen molar-refractivity contribution in [1.82, 2.24) is 15.1 Å². The Morgan fingerprint density at radius 2 is 1.96 bits per heavy atom. The molecule has 1 rings (SSSR count). The van der Waals surface area contributed by atoms with Crippen molar-refractivity contribution in [2.45, 2.75) is 24.8 Å². The zero-order valence-electron chi connectivity index (χ0n) is 14.4. The minimum absolute atomic E-state index is 0. The smallest absolute Gasteiger partial charge is 0.355 e. The second kappa shape index (κ2) is 8.88. The first kappa shape index (κ1) is 23.7. The molecule has 1 N–H and O–H groups in total. The molecule has 144 valence electrons. The van der Waals surface area contributed by atoms with Crippen molar-refractivity contribution in [2.75, 3.05) is 52.6 Å². The summed E-state index contributed by atoms with van der Waals surface area (Å²) in [6, 6.07) is 0. The van der Waals surface area contributed by atoms with Gasteiger partial charge >= 0.3 is 6.18 Å². The maximum Gasteiger partial charge on any atom is 0.401 e. The van der Waals surface area contributed by atoms with Crippen molar-refractivity contribution in [3.8, 4) is 0 Å². The molecule has 0 spiro atoms. The van der Waals surface area contributed by atoms with E-state index in [-0.39, 0.29) is 36.3 Å². The molecule has 1 heterocycles. The number of nitrogens with one attached hydrogen (secondary N) is 1. The summed E-state index contributed by atoms with van der Waals surface area (Å²) in [4.78, 5) is 7.09. The zero-order valence-corrected chi connectivity index (χ0v) is 17.5. The van der Waals surface area contributed by atoms with Crippen LogP contribution in [0.4, 0.5) is 13.2 Å². The van der Waals surface area contributed by atoms with E-state index >= 15 is 0 Å². The minimum atomic E-state index is -4.22. The van der Waals surface area contributed by atoms with Crippen LogP contribution in [0.25, 0.3) is 0 Å². The van der Waals surface area contributed by atoms with Crippen molar-refractivity contribution in [3.05, 3.63) is 0 Å². The number of rotatable bonds is 4. The summed E-state index contributed by atoms with van der Waals surface area (Å²) in [6.07, 6.45) is -4.22. The fourth-order valence-electron chi connectivity index (χ4n) is 2.40. The Morgan fingerprint density at radius 1 is 1.38 bits per heavy atom. The number of sulfone groups is 1. The molecule has 0 bridgehead atoms. The summed E-state index contributed by atoms with van der Waals surface area (Å²) in [5.74, 6) is 0.544. The van der Waals surface area contributed by atoms with Crippen LogP contribution in [0.1, 0.15) is 13.8 Å². The highest BCUT2D eigenvalue weighted by Gasteiger charge is 2.40. The topological polar surface area (TPSA) is 65.0 Å². The largest absolute Gasteiger partial charge is 0.401 e. The van der Waals surface area contributed by atoms with Gasteiger partial charge in [-0.3, -0.25) is 9.89 Å². The highest BCUT2D eigenvalue weighted by Crippen LogP contribution is 2.23. The van der Waals surface area contributed by atoms with E-state index in [1.807, 2.05) is 4.90 Å². The van der Waals surface area contributed by atoms with E-state index in [2.05, 4.69) is 10.3 Å². The average Bonchev–Trinajstić information content (AvgIpc) is 2.36. The maximum atomic E-state index is 12.3. The predicted molar refractivity (Wildman–Crippen MR) is 99.8 cm³/mol. The second-order valence-corrected chi connectivity index (χ2v) is 9.07. The van der Waals surface area contributed by atoms with E-state index in [1.165, 1.54) is 11.9 Å². The fraction of sp³-hybridized carbons (Fsp3) is 0.923. The standard InChI is InChI=1S/C13H25F3N4O2S.HI/c1-12(2)9-20(7-8-23(12,21)22)11(17-3)18-5-6-19(4)10-13(14,15)16;/h5-10H2,1-4H3,(H,17,18);1H. The van der Waals surface area contributed by atoms with Gasteiger partial charge in [-0.1, -0.05) is 0 Å². The van der Waals surface area contributed by atoms with Crippen LogP contribution in [0.5, 0.6) is 0 Å². The number of aliphatic imine (C=N–C) groups is 1. The summed E-state index contributed by atoms with van der Waals surface area (Å²) in [7, 11) is -0.183. The molecule has 1 aliphatic rings. The molecule has 0 aromatic rings. The fourth-order valence-corrected chi connectivity index (χ4v) is 3.77. The van der Waals surface area contributed by atoms with Gasteiger partial charge in [0.1, 0.15) is 0 Å². The number of nitrogens with zero attached hydrogens (tertiary/aromatic N) is 3. The van der Waals surface area contributed by atoms with Crippen molar-refractivity contribution in [1.29, 1.82) is 0 Å². The Balaban J connectivity index is 0.00000529.